The van der Waals surface area contributed by atoms with E-state index in [1.807, 2.05) is 6.08 Å². The van der Waals surface area contributed by atoms with E-state index in [2.05, 4.69) is 10.3 Å². The van der Waals surface area contributed by atoms with Crippen LogP contribution in [0.2, 0.25) is 0 Å². The number of nitrogens with two attached hydrogens (primary N) is 1. The summed E-state index contributed by atoms with van der Waals surface area (Å²) < 4.78 is 12.3. The summed E-state index contributed by atoms with van der Waals surface area (Å²) in [7, 11) is 0. The molecule has 0 aliphatic carbocycles. The van der Waals surface area contributed by atoms with Crippen LogP contribution in [0.15, 0.2) is 41.3 Å². The number of aromatic nitrogens is 2. The number of anilines is 1. The molecule has 154 valence electrons. The van der Waals surface area contributed by atoms with Gasteiger partial charge in [-0.15, -0.1) is 0 Å². The van der Waals surface area contributed by atoms with Crippen LogP contribution in [0.4, 0.5) is 5.82 Å². The quantitative estimate of drug-likeness (QED) is 0.433. The van der Waals surface area contributed by atoms with Crippen LogP contribution in [0.3, 0.4) is 0 Å². The maximum atomic E-state index is 12.0. The van der Waals surface area contributed by atoms with E-state index in [1.165, 1.54) is 12.3 Å². The van der Waals surface area contributed by atoms with Crippen LogP contribution < -0.4 is 21.5 Å². The standard InChI is InChI=1S/C19H22N4O6/c20-15-3-5-23(19(27)22-15)18-17(26)16(25)14(29-18)9-21-8-10-4-6-28-13-2-1-11(24)7-12(10)13/h1-5,7,14,16-18,21,24-26H,6,8-9H2,(H2,20,22,27)/t14-,16-,17-,18-/m1/s1. The van der Waals surface area contributed by atoms with Crippen molar-refractivity contribution in [2.24, 2.45) is 0 Å². The maximum absolute atomic E-state index is 12.0. The highest BCUT2D eigenvalue weighted by atomic mass is 16.6. The molecule has 0 spiro atoms. The first-order chi connectivity index (χ1) is 13.9. The number of rotatable bonds is 5. The molecular weight excluding hydrogens is 380 g/mol. The summed E-state index contributed by atoms with van der Waals surface area (Å²) in [6.07, 6.45) is -0.988. The lowest BCUT2D eigenvalue weighted by Gasteiger charge is -2.21. The third-order valence-corrected chi connectivity index (χ3v) is 5.00. The van der Waals surface area contributed by atoms with Gasteiger partial charge in [0.05, 0.1) is 0 Å². The minimum atomic E-state index is -1.29. The van der Waals surface area contributed by atoms with Gasteiger partial charge >= 0.3 is 5.69 Å². The Labute approximate surface area is 165 Å². The minimum Gasteiger partial charge on any atom is -0.508 e. The number of hydrogen-bond donors (Lipinski definition) is 5. The summed E-state index contributed by atoms with van der Waals surface area (Å²) in [5, 5.41) is 33.5. The van der Waals surface area contributed by atoms with Gasteiger partial charge in [-0.1, -0.05) is 0 Å². The van der Waals surface area contributed by atoms with Crippen LogP contribution in [0.25, 0.3) is 5.57 Å². The van der Waals surface area contributed by atoms with Gasteiger partial charge in [0, 0.05) is 24.8 Å². The molecule has 4 atom stereocenters. The molecule has 29 heavy (non-hydrogen) atoms. The number of nitrogens with one attached hydrogen (secondary N) is 1. The Kier molecular flexibility index (Phi) is 5.24. The lowest BCUT2D eigenvalue weighted by atomic mass is 10.0. The number of benzene rings is 1. The van der Waals surface area contributed by atoms with E-state index < -0.39 is 30.2 Å². The Morgan fingerprint density at radius 2 is 2.10 bits per heavy atom. The van der Waals surface area contributed by atoms with Gasteiger partial charge < -0.3 is 35.8 Å². The summed E-state index contributed by atoms with van der Waals surface area (Å²) >= 11 is 0. The number of nitrogen functional groups attached to an aromatic ring is 1. The van der Waals surface area contributed by atoms with E-state index in [1.54, 1.807) is 18.2 Å². The molecule has 4 rings (SSSR count). The monoisotopic (exact) mass is 402 g/mol. The number of nitrogens with zero attached hydrogens (tertiary/aromatic N) is 2. The summed E-state index contributed by atoms with van der Waals surface area (Å²) in [6, 6.07) is 6.32. The molecule has 2 aliphatic heterocycles. The van der Waals surface area contributed by atoms with Crippen LogP contribution in [0.5, 0.6) is 11.5 Å². The smallest absolute Gasteiger partial charge is 0.351 e. The highest BCUT2D eigenvalue weighted by Crippen LogP contribution is 2.32. The van der Waals surface area contributed by atoms with Gasteiger partial charge in [-0.25, -0.2) is 4.79 Å². The molecule has 1 aromatic carbocycles. The van der Waals surface area contributed by atoms with E-state index in [0.29, 0.717) is 18.9 Å². The van der Waals surface area contributed by atoms with Gasteiger partial charge in [-0.05, 0) is 35.9 Å². The van der Waals surface area contributed by atoms with Gasteiger partial charge in [0.15, 0.2) is 6.23 Å². The third kappa shape index (κ3) is 3.83. The predicted octanol–water partition coefficient (Wildman–Crippen LogP) is -0.784. The topological polar surface area (TPSA) is 152 Å². The number of aliphatic hydroxyl groups is 2. The Morgan fingerprint density at radius 3 is 2.90 bits per heavy atom. The number of phenolic OH excluding ortho intramolecular Hbond substituents is 1. The lowest BCUT2D eigenvalue weighted by molar-refractivity contribution is -0.0388. The number of fused-ring (bicyclic) bond motifs is 1. The van der Waals surface area contributed by atoms with Gasteiger partial charge in [-0.3, -0.25) is 4.57 Å². The molecule has 10 nitrogen and oxygen atoms in total. The minimum absolute atomic E-state index is 0.0635. The predicted molar refractivity (Wildman–Crippen MR) is 103 cm³/mol. The van der Waals surface area contributed by atoms with Crippen molar-refractivity contribution in [1.29, 1.82) is 0 Å². The lowest BCUT2D eigenvalue weighted by Crippen LogP contribution is -2.38. The zero-order valence-electron chi connectivity index (χ0n) is 15.4. The van der Waals surface area contributed by atoms with E-state index in [-0.39, 0.29) is 18.1 Å². The summed E-state index contributed by atoms with van der Waals surface area (Å²) in [5.41, 5.74) is 6.53. The molecule has 3 heterocycles. The Hall–Kier alpha value is -2.92. The third-order valence-electron chi connectivity index (χ3n) is 5.00. The van der Waals surface area contributed by atoms with E-state index in [9.17, 15) is 20.1 Å². The highest BCUT2D eigenvalue weighted by molar-refractivity contribution is 5.74. The summed E-state index contributed by atoms with van der Waals surface area (Å²) in [6.45, 7) is 1.10. The molecule has 0 amide bonds. The Balaban J connectivity index is 1.40. The number of ether oxygens (including phenoxy) is 2. The van der Waals surface area contributed by atoms with Crippen molar-refractivity contribution in [1.82, 2.24) is 14.9 Å². The van der Waals surface area contributed by atoms with E-state index in [4.69, 9.17) is 15.2 Å². The first-order valence-corrected chi connectivity index (χ1v) is 9.16. The normalized spacial score (nSPS) is 25.9. The molecule has 0 bridgehead atoms. The van der Waals surface area contributed by atoms with Crippen LogP contribution in [-0.2, 0) is 4.74 Å². The molecule has 2 aliphatic rings. The van der Waals surface area contributed by atoms with Crippen molar-refractivity contribution in [2.75, 3.05) is 25.4 Å². The number of aromatic hydroxyl groups is 1. The SMILES string of the molecule is Nc1ccn([C@@H]2O[C@H](CNCC3=CCOc4ccc(O)cc43)[C@@H](O)[C@H]2O)c(=O)n1. The van der Waals surface area contributed by atoms with Crippen LogP contribution >= 0.6 is 0 Å². The first kappa shape index (κ1) is 19.4. The maximum Gasteiger partial charge on any atom is 0.351 e. The fraction of sp³-hybridized carbons (Fsp3) is 0.368. The average molecular weight is 402 g/mol. The van der Waals surface area contributed by atoms with Crippen LogP contribution in [-0.4, -0.2) is 62.9 Å². The van der Waals surface area contributed by atoms with Crippen molar-refractivity contribution >= 4 is 11.4 Å². The molecule has 1 saturated heterocycles. The Bertz CT molecular complexity index is 991. The largest absolute Gasteiger partial charge is 0.508 e. The number of hydrogen-bond acceptors (Lipinski definition) is 9. The van der Waals surface area contributed by atoms with Crippen molar-refractivity contribution in [3.05, 3.63) is 52.6 Å². The first-order valence-electron chi connectivity index (χ1n) is 9.16. The highest BCUT2D eigenvalue weighted by Gasteiger charge is 2.43. The van der Waals surface area contributed by atoms with Crippen molar-refractivity contribution in [2.45, 2.75) is 24.5 Å². The van der Waals surface area contributed by atoms with Gasteiger partial charge in [0.25, 0.3) is 0 Å². The second-order valence-corrected chi connectivity index (χ2v) is 6.94. The zero-order chi connectivity index (χ0) is 20.5. The molecule has 0 radical (unpaired) electrons. The summed E-state index contributed by atoms with van der Waals surface area (Å²) in [5.74, 6) is 0.890. The van der Waals surface area contributed by atoms with Gasteiger partial charge in [-0.2, -0.15) is 4.98 Å². The molecular formula is C19H22N4O6. The molecule has 2 aromatic rings. The number of aliphatic hydroxyl groups excluding tert-OH is 2. The van der Waals surface area contributed by atoms with Gasteiger partial charge in [0.2, 0.25) is 0 Å². The van der Waals surface area contributed by atoms with Crippen LogP contribution in [0.1, 0.15) is 11.8 Å². The second kappa shape index (κ2) is 7.84. The molecule has 10 heteroatoms. The fourth-order valence-electron chi connectivity index (χ4n) is 3.50. The second-order valence-electron chi connectivity index (χ2n) is 6.94. The fourth-order valence-corrected chi connectivity index (χ4v) is 3.50. The molecule has 1 aromatic heterocycles. The average Bonchev–Trinajstić information content (AvgIpc) is 2.97. The van der Waals surface area contributed by atoms with Crippen molar-refractivity contribution in [3.8, 4) is 11.5 Å². The molecule has 1 fully saturated rings. The van der Waals surface area contributed by atoms with Crippen LogP contribution in [0, 0.1) is 0 Å². The van der Waals surface area contributed by atoms with Crippen molar-refractivity contribution in [3.63, 3.8) is 0 Å². The Morgan fingerprint density at radius 1 is 1.28 bits per heavy atom. The van der Waals surface area contributed by atoms with E-state index in [0.717, 1.165) is 15.7 Å². The van der Waals surface area contributed by atoms with Crippen molar-refractivity contribution < 1.29 is 24.8 Å². The number of phenols is 1. The van der Waals surface area contributed by atoms with Gasteiger partial charge in [0.1, 0.15) is 42.2 Å². The summed E-state index contributed by atoms with van der Waals surface area (Å²) in [4.78, 5) is 15.6. The molecule has 0 saturated carbocycles. The van der Waals surface area contributed by atoms with E-state index >= 15 is 0 Å². The zero-order valence-corrected chi connectivity index (χ0v) is 15.4. The molecule has 0 unspecified atom stereocenters. The molecule has 6 N–H and O–H groups in total.